The third kappa shape index (κ3) is 3.07. The monoisotopic (exact) mass is 296 g/mol. The molecule has 1 heterocycles. The summed E-state index contributed by atoms with van der Waals surface area (Å²) in [5.74, 6) is -0.00861. The standard InChI is InChI=1S/C13H17BrN2O/c1-10-11(6-5-7-12(10)14)13(17)15-16-8-3-2-4-9-16/h5-7H,2-4,8-9H2,1H3,(H,15,17). The number of nitrogens with one attached hydrogen (secondary N) is 1. The van der Waals surface area contributed by atoms with Crippen molar-refractivity contribution in [2.75, 3.05) is 13.1 Å². The number of carbonyl (C=O) groups is 1. The van der Waals surface area contributed by atoms with Gasteiger partial charge in [-0.25, -0.2) is 5.01 Å². The third-order valence-corrected chi connectivity index (χ3v) is 3.99. The molecule has 1 aliphatic heterocycles. The summed E-state index contributed by atoms with van der Waals surface area (Å²) in [6, 6.07) is 5.70. The molecule has 0 aliphatic carbocycles. The third-order valence-electron chi connectivity index (χ3n) is 3.13. The number of hydrogen-bond acceptors (Lipinski definition) is 2. The molecule has 1 aromatic rings. The van der Waals surface area contributed by atoms with E-state index < -0.39 is 0 Å². The summed E-state index contributed by atoms with van der Waals surface area (Å²) in [4.78, 5) is 12.1. The van der Waals surface area contributed by atoms with Gasteiger partial charge < -0.3 is 0 Å². The van der Waals surface area contributed by atoms with Gasteiger partial charge in [0.25, 0.3) is 5.91 Å². The van der Waals surface area contributed by atoms with Gasteiger partial charge in [0.15, 0.2) is 0 Å². The Morgan fingerprint density at radius 1 is 1.29 bits per heavy atom. The molecular formula is C13H17BrN2O. The smallest absolute Gasteiger partial charge is 0.265 e. The summed E-state index contributed by atoms with van der Waals surface area (Å²) in [5.41, 5.74) is 4.71. The second kappa shape index (κ2) is 5.65. The minimum Gasteiger partial charge on any atom is -0.285 e. The lowest BCUT2D eigenvalue weighted by Crippen LogP contribution is -2.45. The van der Waals surface area contributed by atoms with E-state index in [0.29, 0.717) is 0 Å². The lowest BCUT2D eigenvalue weighted by atomic mass is 10.1. The number of nitrogens with zero attached hydrogens (tertiary/aromatic N) is 1. The minimum atomic E-state index is -0.00861. The number of hydrogen-bond donors (Lipinski definition) is 1. The van der Waals surface area contributed by atoms with E-state index in [9.17, 15) is 4.79 Å². The first-order valence-electron chi connectivity index (χ1n) is 5.99. The van der Waals surface area contributed by atoms with Crippen molar-refractivity contribution in [1.82, 2.24) is 10.4 Å². The van der Waals surface area contributed by atoms with Crippen molar-refractivity contribution in [1.29, 1.82) is 0 Å². The number of rotatable bonds is 2. The van der Waals surface area contributed by atoms with E-state index in [1.165, 1.54) is 6.42 Å². The van der Waals surface area contributed by atoms with Gasteiger partial charge in [-0.1, -0.05) is 28.4 Å². The van der Waals surface area contributed by atoms with Gasteiger partial charge >= 0.3 is 0 Å². The minimum absolute atomic E-state index is 0.00861. The highest BCUT2D eigenvalue weighted by molar-refractivity contribution is 9.10. The van der Waals surface area contributed by atoms with Crippen LogP contribution in [0.5, 0.6) is 0 Å². The predicted octanol–water partition coefficient (Wildman–Crippen LogP) is 2.89. The molecule has 3 nitrogen and oxygen atoms in total. The normalized spacial score (nSPS) is 16.8. The van der Waals surface area contributed by atoms with E-state index in [-0.39, 0.29) is 5.91 Å². The van der Waals surface area contributed by atoms with Gasteiger partial charge in [0.05, 0.1) is 0 Å². The van der Waals surface area contributed by atoms with Crippen molar-refractivity contribution in [2.45, 2.75) is 26.2 Å². The van der Waals surface area contributed by atoms with Gasteiger partial charge in [-0.2, -0.15) is 0 Å². The summed E-state index contributed by atoms with van der Waals surface area (Å²) in [6.45, 7) is 3.87. The summed E-state index contributed by atoms with van der Waals surface area (Å²) in [6.07, 6.45) is 3.60. The molecule has 0 saturated carbocycles. The van der Waals surface area contributed by atoms with E-state index in [2.05, 4.69) is 21.4 Å². The summed E-state index contributed by atoms with van der Waals surface area (Å²) in [5, 5.41) is 2.02. The largest absolute Gasteiger partial charge is 0.285 e. The first kappa shape index (κ1) is 12.6. The lowest BCUT2D eigenvalue weighted by molar-refractivity contribution is 0.0749. The van der Waals surface area contributed by atoms with E-state index >= 15 is 0 Å². The molecule has 0 bridgehead atoms. The highest BCUT2D eigenvalue weighted by Gasteiger charge is 2.15. The highest BCUT2D eigenvalue weighted by Crippen LogP contribution is 2.19. The molecule has 1 saturated heterocycles. The Balaban J connectivity index is 2.06. The quantitative estimate of drug-likeness (QED) is 0.910. The maximum atomic E-state index is 12.1. The first-order chi connectivity index (χ1) is 8.18. The molecule has 1 fully saturated rings. The Morgan fingerprint density at radius 3 is 2.71 bits per heavy atom. The van der Waals surface area contributed by atoms with E-state index in [0.717, 1.165) is 41.5 Å². The van der Waals surface area contributed by atoms with E-state index in [1.807, 2.05) is 30.1 Å². The van der Waals surface area contributed by atoms with Crippen LogP contribution in [0.15, 0.2) is 22.7 Å². The predicted molar refractivity (Wildman–Crippen MR) is 71.8 cm³/mol. The SMILES string of the molecule is Cc1c(Br)cccc1C(=O)NN1CCCCC1. The number of halogens is 1. The van der Waals surface area contributed by atoms with Crippen molar-refractivity contribution >= 4 is 21.8 Å². The maximum Gasteiger partial charge on any atom is 0.265 e. The van der Waals surface area contributed by atoms with Crippen LogP contribution in [-0.4, -0.2) is 24.0 Å². The Kier molecular flexibility index (Phi) is 4.18. The molecule has 0 unspecified atom stereocenters. The summed E-state index contributed by atoms with van der Waals surface area (Å²) in [7, 11) is 0. The number of benzene rings is 1. The fourth-order valence-corrected chi connectivity index (χ4v) is 2.43. The molecule has 92 valence electrons. The Bertz CT molecular complexity index is 414. The number of carbonyl (C=O) groups excluding carboxylic acids is 1. The molecule has 1 aliphatic rings. The van der Waals surface area contributed by atoms with Crippen LogP contribution in [0, 0.1) is 6.92 Å². The lowest BCUT2D eigenvalue weighted by Gasteiger charge is -2.27. The van der Waals surface area contributed by atoms with Crippen LogP contribution >= 0.6 is 15.9 Å². The Hall–Kier alpha value is -0.870. The van der Waals surface area contributed by atoms with Crippen LogP contribution in [-0.2, 0) is 0 Å². The second-order valence-corrected chi connectivity index (χ2v) is 5.26. The number of piperidine rings is 1. The zero-order valence-electron chi connectivity index (χ0n) is 10.0. The fourth-order valence-electron chi connectivity index (χ4n) is 2.06. The maximum absolute atomic E-state index is 12.1. The molecule has 1 aromatic carbocycles. The zero-order valence-corrected chi connectivity index (χ0v) is 11.6. The molecular weight excluding hydrogens is 280 g/mol. The average Bonchev–Trinajstić information content (AvgIpc) is 2.34. The van der Waals surface area contributed by atoms with E-state index in [1.54, 1.807) is 0 Å². The average molecular weight is 297 g/mol. The first-order valence-corrected chi connectivity index (χ1v) is 6.79. The van der Waals surface area contributed by atoms with Crippen LogP contribution in [0.25, 0.3) is 0 Å². The van der Waals surface area contributed by atoms with Crippen molar-refractivity contribution in [2.24, 2.45) is 0 Å². The van der Waals surface area contributed by atoms with Gasteiger partial charge in [0, 0.05) is 23.1 Å². The van der Waals surface area contributed by atoms with Crippen molar-refractivity contribution in [3.05, 3.63) is 33.8 Å². The Labute approximate surface area is 110 Å². The molecule has 1 N–H and O–H groups in total. The van der Waals surface area contributed by atoms with Crippen LogP contribution in [0.1, 0.15) is 35.2 Å². The van der Waals surface area contributed by atoms with Gasteiger partial charge in [0.1, 0.15) is 0 Å². The van der Waals surface area contributed by atoms with Gasteiger partial charge in [-0.15, -0.1) is 0 Å². The number of amides is 1. The number of hydrazine groups is 1. The van der Waals surface area contributed by atoms with E-state index in [4.69, 9.17) is 0 Å². The van der Waals surface area contributed by atoms with Crippen LogP contribution in [0.3, 0.4) is 0 Å². The van der Waals surface area contributed by atoms with Crippen LogP contribution in [0.2, 0.25) is 0 Å². The summed E-state index contributed by atoms with van der Waals surface area (Å²) < 4.78 is 0.976. The molecule has 1 amide bonds. The highest BCUT2D eigenvalue weighted by atomic mass is 79.9. The van der Waals surface area contributed by atoms with Crippen molar-refractivity contribution < 1.29 is 4.79 Å². The fraction of sp³-hybridized carbons (Fsp3) is 0.462. The topological polar surface area (TPSA) is 32.3 Å². The molecule has 0 radical (unpaired) electrons. The van der Waals surface area contributed by atoms with Crippen molar-refractivity contribution in [3.8, 4) is 0 Å². The zero-order chi connectivity index (χ0) is 12.3. The molecule has 0 atom stereocenters. The molecule has 4 heteroatoms. The second-order valence-electron chi connectivity index (χ2n) is 4.40. The van der Waals surface area contributed by atoms with Gasteiger partial charge in [-0.05, 0) is 37.5 Å². The summed E-state index contributed by atoms with van der Waals surface area (Å²) >= 11 is 3.45. The van der Waals surface area contributed by atoms with Gasteiger partial charge in [0.2, 0.25) is 0 Å². The molecule has 0 aromatic heterocycles. The van der Waals surface area contributed by atoms with Crippen LogP contribution < -0.4 is 5.43 Å². The van der Waals surface area contributed by atoms with Gasteiger partial charge in [-0.3, -0.25) is 10.2 Å². The van der Waals surface area contributed by atoms with Crippen LogP contribution in [0.4, 0.5) is 0 Å². The molecule has 0 spiro atoms. The molecule has 2 rings (SSSR count). The Morgan fingerprint density at radius 2 is 2.00 bits per heavy atom. The molecule has 17 heavy (non-hydrogen) atoms. The van der Waals surface area contributed by atoms with Crippen molar-refractivity contribution in [3.63, 3.8) is 0 Å².